The number of benzene rings is 1. The Kier molecular flexibility index (Phi) is 2.94. The van der Waals surface area contributed by atoms with Crippen molar-refractivity contribution < 1.29 is 0 Å². The van der Waals surface area contributed by atoms with Crippen molar-refractivity contribution in [2.75, 3.05) is 17.7 Å². The van der Waals surface area contributed by atoms with Gasteiger partial charge in [-0.15, -0.1) is 0 Å². The van der Waals surface area contributed by atoms with Gasteiger partial charge in [0.05, 0.1) is 12.4 Å². The molecule has 5 heteroatoms. The molecule has 0 spiro atoms. The van der Waals surface area contributed by atoms with Crippen LogP contribution >= 0.6 is 0 Å². The Hall–Kier alpha value is -2.69. The number of rotatable bonds is 3. The molecule has 0 aliphatic carbocycles. The SMILES string of the molecule is CNc1cncc(Nc2cccc3cnccc23)n1. The van der Waals surface area contributed by atoms with E-state index in [2.05, 4.69) is 25.6 Å². The minimum absolute atomic E-state index is 0.705. The van der Waals surface area contributed by atoms with Crippen LogP contribution in [0.2, 0.25) is 0 Å². The largest absolute Gasteiger partial charge is 0.372 e. The predicted octanol–water partition coefficient (Wildman–Crippen LogP) is 2.81. The maximum atomic E-state index is 4.39. The van der Waals surface area contributed by atoms with E-state index < -0.39 is 0 Å². The molecule has 2 heterocycles. The van der Waals surface area contributed by atoms with E-state index in [0.29, 0.717) is 5.82 Å². The molecule has 19 heavy (non-hydrogen) atoms. The summed E-state index contributed by atoms with van der Waals surface area (Å²) in [4.78, 5) is 12.6. The lowest BCUT2D eigenvalue weighted by molar-refractivity contribution is 1.19. The highest BCUT2D eigenvalue weighted by atomic mass is 15.1. The molecule has 5 nitrogen and oxygen atoms in total. The zero-order valence-corrected chi connectivity index (χ0v) is 10.5. The van der Waals surface area contributed by atoms with Gasteiger partial charge in [-0.1, -0.05) is 12.1 Å². The summed E-state index contributed by atoms with van der Waals surface area (Å²) in [6.07, 6.45) is 7.00. The van der Waals surface area contributed by atoms with Crippen LogP contribution in [0.25, 0.3) is 10.8 Å². The third-order valence-corrected chi connectivity index (χ3v) is 2.83. The first-order valence-electron chi connectivity index (χ1n) is 5.96. The van der Waals surface area contributed by atoms with Gasteiger partial charge in [0.2, 0.25) is 0 Å². The molecular formula is C14H13N5. The summed E-state index contributed by atoms with van der Waals surface area (Å²) in [7, 11) is 1.82. The van der Waals surface area contributed by atoms with Crippen molar-refractivity contribution in [1.29, 1.82) is 0 Å². The molecule has 0 unspecified atom stereocenters. The molecule has 0 aliphatic rings. The lowest BCUT2D eigenvalue weighted by atomic mass is 10.1. The summed E-state index contributed by atoms with van der Waals surface area (Å²) >= 11 is 0. The number of hydrogen-bond donors (Lipinski definition) is 2. The molecule has 0 radical (unpaired) electrons. The van der Waals surface area contributed by atoms with E-state index >= 15 is 0 Å². The van der Waals surface area contributed by atoms with Gasteiger partial charge in [-0.3, -0.25) is 9.97 Å². The van der Waals surface area contributed by atoms with Crippen LogP contribution in [0.3, 0.4) is 0 Å². The molecule has 0 saturated carbocycles. The van der Waals surface area contributed by atoms with Gasteiger partial charge in [0.1, 0.15) is 5.82 Å². The number of nitrogens with zero attached hydrogens (tertiary/aromatic N) is 3. The van der Waals surface area contributed by atoms with Crippen molar-refractivity contribution in [2.45, 2.75) is 0 Å². The summed E-state index contributed by atoms with van der Waals surface area (Å²) < 4.78 is 0. The monoisotopic (exact) mass is 251 g/mol. The van der Waals surface area contributed by atoms with Gasteiger partial charge in [-0.05, 0) is 12.1 Å². The molecule has 0 fully saturated rings. The van der Waals surface area contributed by atoms with Crippen LogP contribution in [-0.4, -0.2) is 22.0 Å². The molecule has 0 saturated heterocycles. The van der Waals surface area contributed by atoms with Crippen LogP contribution in [-0.2, 0) is 0 Å². The molecule has 0 bridgehead atoms. The quantitative estimate of drug-likeness (QED) is 0.749. The van der Waals surface area contributed by atoms with Crippen LogP contribution in [0.15, 0.2) is 49.1 Å². The molecule has 2 N–H and O–H groups in total. The first kappa shape index (κ1) is 11.4. The number of nitrogens with one attached hydrogen (secondary N) is 2. The summed E-state index contributed by atoms with van der Waals surface area (Å²) in [6.45, 7) is 0. The Balaban J connectivity index is 2.01. The minimum atomic E-state index is 0.705. The summed E-state index contributed by atoms with van der Waals surface area (Å²) in [5.74, 6) is 1.43. The molecule has 94 valence electrons. The highest BCUT2D eigenvalue weighted by Gasteiger charge is 2.02. The van der Waals surface area contributed by atoms with Gasteiger partial charge < -0.3 is 10.6 Å². The van der Waals surface area contributed by atoms with Crippen molar-refractivity contribution in [3.05, 3.63) is 49.1 Å². The first-order valence-corrected chi connectivity index (χ1v) is 5.96. The summed E-state index contributed by atoms with van der Waals surface area (Å²) in [5.41, 5.74) is 0.988. The van der Waals surface area contributed by atoms with Gasteiger partial charge in [0.25, 0.3) is 0 Å². The average Bonchev–Trinajstić information content (AvgIpc) is 2.48. The molecule has 0 aliphatic heterocycles. The molecule has 0 amide bonds. The van der Waals surface area contributed by atoms with E-state index in [4.69, 9.17) is 0 Å². The second-order valence-corrected chi connectivity index (χ2v) is 4.07. The van der Waals surface area contributed by atoms with Crippen molar-refractivity contribution >= 4 is 28.1 Å². The smallest absolute Gasteiger partial charge is 0.151 e. The Morgan fingerprint density at radius 2 is 1.84 bits per heavy atom. The third-order valence-electron chi connectivity index (χ3n) is 2.83. The van der Waals surface area contributed by atoms with Crippen molar-refractivity contribution in [3.8, 4) is 0 Å². The lowest BCUT2D eigenvalue weighted by Gasteiger charge is -2.09. The van der Waals surface area contributed by atoms with Gasteiger partial charge in [-0.2, -0.15) is 0 Å². The molecule has 0 atom stereocenters. The maximum absolute atomic E-state index is 4.39. The first-order chi connectivity index (χ1) is 9.36. The predicted molar refractivity (Wildman–Crippen MR) is 76.6 cm³/mol. The summed E-state index contributed by atoms with van der Waals surface area (Å²) in [6, 6.07) is 8.01. The second kappa shape index (κ2) is 4.89. The van der Waals surface area contributed by atoms with Crippen molar-refractivity contribution in [2.24, 2.45) is 0 Å². The molecule has 2 aromatic heterocycles. The van der Waals surface area contributed by atoms with Gasteiger partial charge in [0.15, 0.2) is 5.82 Å². The van der Waals surface area contributed by atoms with Crippen molar-refractivity contribution in [1.82, 2.24) is 15.0 Å². The molecular weight excluding hydrogens is 238 g/mol. The fraction of sp³-hybridized carbons (Fsp3) is 0.0714. The summed E-state index contributed by atoms with van der Waals surface area (Å²) in [5, 5.41) is 8.44. The Labute approximate surface area is 110 Å². The van der Waals surface area contributed by atoms with E-state index in [1.54, 1.807) is 18.6 Å². The topological polar surface area (TPSA) is 62.7 Å². The van der Waals surface area contributed by atoms with E-state index in [0.717, 1.165) is 22.3 Å². The highest BCUT2D eigenvalue weighted by Crippen LogP contribution is 2.24. The molecule has 3 aromatic rings. The van der Waals surface area contributed by atoms with Crippen LogP contribution in [0, 0.1) is 0 Å². The van der Waals surface area contributed by atoms with Gasteiger partial charge in [-0.25, -0.2) is 4.98 Å². The van der Waals surface area contributed by atoms with Crippen LogP contribution in [0.1, 0.15) is 0 Å². The van der Waals surface area contributed by atoms with Crippen LogP contribution in [0.4, 0.5) is 17.3 Å². The highest BCUT2D eigenvalue weighted by molar-refractivity contribution is 5.94. The van der Waals surface area contributed by atoms with E-state index in [-0.39, 0.29) is 0 Å². The van der Waals surface area contributed by atoms with E-state index in [1.807, 2.05) is 37.5 Å². The Morgan fingerprint density at radius 3 is 2.74 bits per heavy atom. The van der Waals surface area contributed by atoms with Gasteiger partial charge in [0, 0.05) is 35.9 Å². The number of aromatic nitrogens is 3. The lowest BCUT2D eigenvalue weighted by Crippen LogP contribution is -1.99. The fourth-order valence-electron chi connectivity index (χ4n) is 1.92. The standard InChI is InChI=1S/C14H13N5/c1-15-13-8-17-9-14(19-13)18-12-4-2-3-10-7-16-6-5-11(10)12/h2-9H,1H3,(H2,15,18,19). The Bertz CT molecular complexity index is 706. The number of hydrogen-bond acceptors (Lipinski definition) is 5. The van der Waals surface area contributed by atoms with E-state index in [1.165, 1.54) is 0 Å². The average molecular weight is 251 g/mol. The molecule has 1 aromatic carbocycles. The zero-order chi connectivity index (χ0) is 13.1. The second-order valence-electron chi connectivity index (χ2n) is 4.07. The fourth-order valence-corrected chi connectivity index (χ4v) is 1.92. The maximum Gasteiger partial charge on any atom is 0.151 e. The third kappa shape index (κ3) is 2.30. The zero-order valence-electron chi connectivity index (χ0n) is 10.5. The van der Waals surface area contributed by atoms with Crippen LogP contribution in [0.5, 0.6) is 0 Å². The normalized spacial score (nSPS) is 10.4. The number of fused-ring (bicyclic) bond motifs is 1. The number of pyridine rings is 1. The van der Waals surface area contributed by atoms with Gasteiger partial charge >= 0.3 is 0 Å². The van der Waals surface area contributed by atoms with Crippen LogP contribution < -0.4 is 10.6 Å². The molecule has 3 rings (SSSR count). The number of anilines is 3. The van der Waals surface area contributed by atoms with E-state index in [9.17, 15) is 0 Å². The Morgan fingerprint density at radius 1 is 0.947 bits per heavy atom. The van der Waals surface area contributed by atoms with Crippen molar-refractivity contribution in [3.63, 3.8) is 0 Å². The minimum Gasteiger partial charge on any atom is -0.372 e.